The summed E-state index contributed by atoms with van der Waals surface area (Å²) in [6, 6.07) is 13.8. The predicted octanol–water partition coefficient (Wildman–Crippen LogP) is 5.60. The Morgan fingerprint density at radius 1 is 1.14 bits per heavy atom. The lowest BCUT2D eigenvalue weighted by molar-refractivity contribution is 0.302. The largest absolute Gasteiger partial charge is 0.489 e. The number of rotatable bonds is 7. The molecule has 0 radical (unpaired) electrons. The Morgan fingerprint density at radius 2 is 1.86 bits per heavy atom. The number of benzene rings is 2. The predicted molar refractivity (Wildman–Crippen MR) is 99.2 cm³/mol. The number of ether oxygens (including phenoxy) is 1. The molecule has 0 bridgehead atoms. The van der Waals surface area contributed by atoms with Gasteiger partial charge >= 0.3 is 0 Å². The van der Waals surface area contributed by atoms with E-state index in [-0.39, 0.29) is 12.4 Å². The number of halogens is 3. The fraction of sp³-hybridized carbons (Fsp3) is 0.294. The van der Waals surface area contributed by atoms with Crippen LogP contribution in [0.1, 0.15) is 24.5 Å². The second-order valence-corrected chi connectivity index (χ2v) is 6.20. The molecule has 1 N–H and O–H groups in total. The van der Waals surface area contributed by atoms with Crippen molar-refractivity contribution in [3.63, 3.8) is 0 Å². The van der Waals surface area contributed by atoms with Gasteiger partial charge in [-0.2, -0.15) is 0 Å². The lowest BCUT2D eigenvalue weighted by atomic mass is 10.2. The lowest BCUT2D eigenvalue weighted by Gasteiger charge is -2.13. The maximum Gasteiger partial charge on any atom is 0.124 e. The topological polar surface area (TPSA) is 21.3 Å². The molecule has 0 heterocycles. The van der Waals surface area contributed by atoms with E-state index in [0.717, 1.165) is 45.9 Å². The van der Waals surface area contributed by atoms with Crippen LogP contribution in [0, 0.1) is 0 Å². The zero-order valence-electron chi connectivity index (χ0n) is 12.4. The molecule has 2 aromatic rings. The Bertz CT molecular complexity index is 575. The van der Waals surface area contributed by atoms with Crippen LogP contribution in [-0.2, 0) is 13.2 Å². The fourth-order valence-electron chi connectivity index (χ4n) is 1.97. The smallest absolute Gasteiger partial charge is 0.124 e. The summed E-state index contributed by atoms with van der Waals surface area (Å²) >= 11 is 9.40. The van der Waals surface area contributed by atoms with E-state index in [4.69, 9.17) is 16.3 Å². The zero-order chi connectivity index (χ0) is 15.1. The van der Waals surface area contributed by atoms with Crippen LogP contribution in [0.2, 0.25) is 5.02 Å². The van der Waals surface area contributed by atoms with Crippen LogP contribution in [0.3, 0.4) is 0 Å². The van der Waals surface area contributed by atoms with E-state index in [1.807, 2.05) is 36.4 Å². The van der Waals surface area contributed by atoms with E-state index >= 15 is 0 Å². The normalized spacial score (nSPS) is 10.1. The highest BCUT2D eigenvalue weighted by Gasteiger charge is 2.05. The highest BCUT2D eigenvalue weighted by molar-refractivity contribution is 9.10. The van der Waals surface area contributed by atoms with Crippen molar-refractivity contribution in [3.05, 3.63) is 63.1 Å². The van der Waals surface area contributed by atoms with Gasteiger partial charge in [0.25, 0.3) is 0 Å². The average molecular weight is 405 g/mol. The molecule has 0 aliphatic rings. The van der Waals surface area contributed by atoms with Gasteiger partial charge in [-0.3, -0.25) is 0 Å². The minimum atomic E-state index is 0. The third kappa shape index (κ3) is 6.17. The summed E-state index contributed by atoms with van der Waals surface area (Å²) in [5.41, 5.74) is 2.27. The lowest BCUT2D eigenvalue weighted by Crippen LogP contribution is -2.14. The summed E-state index contributed by atoms with van der Waals surface area (Å²) in [6.07, 6.45) is 1.12. The molecule has 0 amide bonds. The first-order valence-corrected chi connectivity index (χ1v) is 8.22. The molecule has 0 aromatic heterocycles. The summed E-state index contributed by atoms with van der Waals surface area (Å²) in [6.45, 7) is 4.51. The third-order valence-corrected chi connectivity index (χ3v) is 3.82. The van der Waals surface area contributed by atoms with E-state index in [1.165, 1.54) is 0 Å². The second kappa shape index (κ2) is 10.1. The number of hydrogen-bond donors (Lipinski definition) is 1. The summed E-state index contributed by atoms with van der Waals surface area (Å²) < 4.78 is 7.01. The van der Waals surface area contributed by atoms with Crippen molar-refractivity contribution in [2.45, 2.75) is 26.5 Å². The highest BCUT2D eigenvalue weighted by atomic mass is 79.9. The molecule has 2 nitrogen and oxygen atoms in total. The van der Waals surface area contributed by atoms with Crippen LogP contribution in [0.5, 0.6) is 5.75 Å². The van der Waals surface area contributed by atoms with E-state index in [2.05, 4.69) is 34.2 Å². The Balaban J connectivity index is 0.00000242. The van der Waals surface area contributed by atoms with Crippen molar-refractivity contribution in [2.75, 3.05) is 6.54 Å². The second-order valence-electron chi connectivity index (χ2n) is 4.84. The quantitative estimate of drug-likeness (QED) is 0.606. The van der Waals surface area contributed by atoms with Gasteiger partial charge in [-0.1, -0.05) is 46.6 Å². The Kier molecular flexibility index (Phi) is 8.88. The minimum Gasteiger partial charge on any atom is -0.489 e. The van der Waals surface area contributed by atoms with Crippen molar-refractivity contribution >= 4 is 39.9 Å². The standard InChI is InChI=1S/C17H19BrClNO.ClH/c1-2-9-20-11-14-10-15(18)5-8-17(14)21-12-13-3-6-16(19)7-4-13;/h3-8,10,20H,2,9,11-12H2,1H3;1H. The minimum absolute atomic E-state index is 0. The first-order chi connectivity index (χ1) is 10.2. The van der Waals surface area contributed by atoms with Crippen LogP contribution in [0.25, 0.3) is 0 Å². The molecular weight excluding hydrogens is 385 g/mol. The van der Waals surface area contributed by atoms with Gasteiger partial charge in [-0.25, -0.2) is 0 Å². The van der Waals surface area contributed by atoms with Gasteiger partial charge in [0.05, 0.1) is 0 Å². The summed E-state index contributed by atoms with van der Waals surface area (Å²) in [4.78, 5) is 0. The van der Waals surface area contributed by atoms with Crippen molar-refractivity contribution in [3.8, 4) is 5.75 Å². The highest BCUT2D eigenvalue weighted by Crippen LogP contribution is 2.24. The molecule has 0 fully saturated rings. The van der Waals surface area contributed by atoms with Gasteiger partial charge in [0.1, 0.15) is 12.4 Å². The first-order valence-electron chi connectivity index (χ1n) is 7.05. The molecule has 5 heteroatoms. The van der Waals surface area contributed by atoms with Crippen LogP contribution in [0.4, 0.5) is 0 Å². The number of hydrogen-bond acceptors (Lipinski definition) is 2. The van der Waals surface area contributed by atoms with Crippen LogP contribution < -0.4 is 10.1 Å². The van der Waals surface area contributed by atoms with E-state index in [0.29, 0.717) is 6.61 Å². The Morgan fingerprint density at radius 3 is 2.55 bits per heavy atom. The first kappa shape index (κ1) is 19.3. The van der Waals surface area contributed by atoms with Crippen molar-refractivity contribution in [2.24, 2.45) is 0 Å². The van der Waals surface area contributed by atoms with Gasteiger partial charge in [0.2, 0.25) is 0 Å². The Hall–Kier alpha value is -0.740. The van der Waals surface area contributed by atoms with E-state index < -0.39 is 0 Å². The van der Waals surface area contributed by atoms with Crippen LogP contribution in [-0.4, -0.2) is 6.54 Å². The molecule has 22 heavy (non-hydrogen) atoms. The SMILES string of the molecule is CCCNCc1cc(Br)ccc1OCc1ccc(Cl)cc1.Cl. The van der Waals surface area contributed by atoms with Gasteiger partial charge < -0.3 is 10.1 Å². The summed E-state index contributed by atoms with van der Waals surface area (Å²) in [5.74, 6) is 0.914. The molecule has 0 spiro atoms. The molecule has 2 aromatic carbocycles. The van der Waals surface area contributed by atoms with Crippen molar-refractivity contribution in [1.82, 2.24) is 5.32 Å². The van der Waals surface area contributed by atoms with Crippen molar-refractivity contribution in [1.29, 1.82) is 0 Å². The molecule has 0 saturated carbocycles. The van der Waals surface area contributed by atoms with Crippen LogP contribution >= 0.6 is 39.9 Å². The monoisotopic (exact) mass is 403 g/mol. The maximum atomic E-state index is 5.94. The Labute approximate surface area is 151 Å². The molecule has 0 unspecified atom stereocenters. The van der Waals surface area contributed by atoms with Gasteiger partial charge in [0, 0.05) is 21.6 Å². The van der Waals surface area contributed by atoms with Gasteiger partial charge in [-0.05, 0) is 48.9 Å². The average Bonchev–Trinajstić information content (AvgIpc) is 2.48. The zero-order valence-corrected chi connectivity index (χ0v) is 15.6. The maximum absolute atomic E-state index is 5.94. The molecule has 2 rings (SSSR count). The van der Waals surface area contributed by atoms with Crippen LogP contribution in [0.15, 0.2) is 46.9 Å². The molecule has 0 saturated heterocycles. The van der Waals surface area contributed by atoms with Gasteiger partial charge in [0.15, 0.2) is 0 Å². The summed E-state index contributed by atoms with van der Waals surface area (Å²) in [5, 5.41) is 4.15. The molecule has 0 aliphatic carbocycles. The van der Waals surface area contributed by atoms with E-state index in [1.54, 1.807) is 0 Å². The van der Waals surface area contributed by atoms with Gasteiger partial charge in [-0.15, -0.1) is 12.4 Å². The number of nitrogens with one attached hydrogen (secondary N) is 1. The molecule has 120 valence electrons. The fourth-order valence-corrected chi connectivity index (χ4v) is 2.50. The third-order valence-electron chi connectivity index (χ3n) is 3.07. The summed E-state index contributed by atoms with van der Waals surface area (Å²) in [7, 11) is 0. The van der Waals surface area contributed by atoms with Crippen molar-refractivity contribution < 1.29 is 4.74 Å². The molecular formula is C17H20BrCl2NO. The molecule has 0 atom stereocenters. The van der Waals surface area contributed by atoms with E-state index in [9.17, 15) is 0 Å². The molecule has 0 aliphatic heterocycles.